The van der Waals surface area contributed by atoms with E-state index >= 15 is 0 Å². The number of carbonyl (C=O) groups excluding carboxylic acids is 1. The highest BCUT2D eigenvalue weighted by atomic mass is 32.1. The standard InChI is InChI=1S/C11H14N4OS/c1-7-3-2-4-8-9(7)15(11(17)14-8)6-5-13-10(12)16/h2-4H,5-6H2,1H3,(H,14,17)(H3,12,13,16). The molecule has 5 nitrogen and oxygen atoms in total. The molecule has 0 bridgehead atoms. The van der Waals surface area contributed by atoms with Gasteiger partial charge in [0.05, 0.1) is 11.0 Å². The van der Waals surface area contributed by atoms with E-state index in [1.54, 1.807) is 0 Å². The van der Waals surface area contributed by atoms with Crippen LogP contribution >= 0.6 is 12.2 Å². The monoisotopic (exact) mass is 250 g/mol. The summed E-state index contributed by atoms with van der Waals surface area (Å²) in [5.41, 5.74) is 8.25. The summed E-state index contributed by atoms with van der Waals surface area (Å²) in [7, 11) is 0. The molecular formula is C11H14N4OS. The molecule has 90 valence electrons. The average molecular weight is 250 g/mol. The van der Waals surface area contributed by atoms with Crippen LogP contribution in [-0.2, 0) is 6.54 Å². The second kappa shape index (κ2) is 4.58. The minimum absolute atomic E-state index is 0.463. The van der Waals surface area contributed by atoms with Crippen molar-refractivity contribution in [2.75, 3.05) is 6.54 Å². The lowest BCUT2D eigenvalue weighted by molar-refractivity contribution is 0.248. The van der Waals surface area contributed by atoms with Gasteiger partial charge in [-0.15, -0.1) is 0 Å². The minimum Gasteiger partial charge on any atom is -0.352 e. The Kier molecular flexibility index (Phi) is 3.14. The van der Waals surface area contributed by atoms with Crippen LogP contribution in [0.2, 0.25) is 0 Å². The number of hydrogen-bond donors (Lipinski definition) is 3. The molecule has 6 heteroatoms. The van der Waals surface area contributed by atoms with Gasteiger partial charge in [-0.3, -0.25) is 0 Å². The number of para-hydroxylation sites is 1. The molecule has 2 aromatic rings. The van der Waals surface area contributed by atoms with Crippen molar-refractivity contribution in [3.05, 3.63) is 28.5 Å². The number of benzene rings is 1. The maximum Gasteiger partial charge on any atom is 0.312 e. The Bertz CT molecular complexity index is 613. The van der Waals surface area contributed by atoms with Gasteiger partial charge >= 0.3 is 6.03 Å². The molecule has 1 heterocycles. The van der Waals surface area contributed by atoms with Crippen LogP contribution in [0.1, 0.15) is 5.56 Å². The second-order valence-corrected chi connectivity index (χ2v) is 4.23. The molecule has 0 unspecified atom stereocenters. The number of aromatic amines is 1. The number of nitrogens with one attached hydrogen (secondary N) is 2. The number of carbonyl (C=O) groups is 1. The fraction of sp³-hybridized carbons (Fsp3) is 0.273. The van der Waals surface area contributed by atoms with Crippen LogP contribution in [0.3, 0.4) is 0 Å². The Morgan fingerprint density at radius 3 is 3.06 bits per heavy atom. The largest absolute Gasteiger partial charge is 0.352 e. The number of amides is 2. The molecule has 2 amide bonds. The van der Waals surface area contributed by atoms with E-state index in [1.807, 2.05) is 29.7 Å². The maximum absolute atomic E-state index is 10.6. The zero-order valence-electron chi connectivity index (χ0n) is 9.49. The third-order valence-corrected chi connectivity index (χ3v) is 2.95. The molecule has 0 aliphatic heterocycles. The topological polar surface area (TPSA) is 75.8 Å². The number of urea groups is 1. The van der Waals surface area contributed by atoms with Crippen molar-refractivity contribution in [3.8, 4) is 0 Å². The van der Waals surface area contributed by atoms with Crippen LogP contribution in [0, 0.1) is 11.7 Å². The van der Waals surface area contributed by atoms with E-state index in [2.05, 4.69) is 10.3 Å². The maximum atomic E-state index is 10.6. The normalized spacial score (nSPS) is 10.6. The summed E-state index contributed by atoms with van der Waals surface area (Å²) in [4.78, 5) is 13.8. The van der Waals surface area contributed by atoms with Crippen molar-refractivity contribution in [3.63, 3.8) is 0 Å². The van der Waals surface area contributed by atoms with Gasteiger partial charge in [-0.25, -0.2) is 4.79 Å². The van der Waals surface area contributed by atoms with Gasteiger partial charge in [0.1, 0.15) is 0 Å². The van der Waals surface area contributed by atoms with E-state index in [0.29, 0.717) is 17.9 Å². The van der Waals surface area contributed by atoms with Gasteiger partial charge in [-0.2, -0.15) is 0 Å². The van der Waals surface area contributed by atoms with Gasteiger partial charge < -0.3 is 20.6 Å². The fourth-order valence-corrected chi connectivity index (χ4v) is 2.20. The predicted octanol–water partition coefficient (Wildman–Crippen LogP) is 1.68. The van der Waals surface area contributed by atoms with E-state index in [0.717, 1.165) is 16.6 Å². The molecule has 0 atom stereocenters. The van der Waals surface area contributed by atoms with Crippen LogP contribution in [0.25, 0.3) is 11.0 Å². The molecule has 0 saturated heterocycles. The van der Waals surface area contributed by atoms with Crippen LogP contribution < -0.4 is 11.1 Å². The first-order valence-corrected chi connectivity index (χ1v) is 5.72. The lowest BCUT2D eigenvalue weighted by Crippen LogP contribution is -2.32. The zero-order chi connectivity index (χ0) is 12.4. The molecular weight excluding hydrogens is 236 g/mol. The zero-order valence-corrected chi connectivity index (χ0v) is 10.3. The van der Waals surface area contributed by atoms with Gasteiger partial charge in [0, 0.05) is 13.1 Å². The van der Waals surface area contributed by atoms with Crippen molar-refractivity contribution in [2.45, 2.75) is 13.5 Å². The Balaban J connectivity index is 2.36. The molecule has 2 rings (SSSR count). The molecule has 0 aliphatic rings. The van der Waals surface area contributed by atoms with Crippen LogP contribution in [0.4, 0.5) is 4.79 Å². The summed E-state index contributed by atoms with van der Waals surface area (Å²) in [6, 6.07) is 5.47. The number of aryl methyl sites for hydroxylation is 1. The predicted molar refractivity (Wildman–Crippen MR) is 69.4 cm³/mol. The van der Waals surface area contributed by atoms with Crippen molar-refractivity contribution in [2.24, 2.45) is 5.73 Å². The number of nitrogens with zero attached hydrogens (tertiary/aromatic N) is 1. The molecule has 0 fully saturated rings. The number of nitrogens with two attached hydrogens (primary N) is 1. The summed E-state index contributed by atoms with van der Waals surface area (Å²) < 4.78 is 2.62. The fourth-order valence-electron chi connectivity index (χ4n) is 1.91. The van der Waals surface area contributed by atoms with E-state index in [1.165, 1.54) is 0 Å². The van der Waals surface area contributed by atoms with E-state index in [9.17, 15) is 4.79 Å². The van der Waals surface area contributed by atoms with Crippen molar-refractivity contribution in [1.82, 2.24) is 14.9 Å². The Hall–Kier alpha value is -1.82. The molecule has 1 aromatic carbocycles. The number of fused-ring (bicyclic) bond motifs is 1. The van der Waals surface area contributed by atoms with Crippen LogP contribution in [0.15, 0.2) is 18.2 Å². The number of primary amides is 1. The highest BCUT2D eigenvalue weighted by molar-refractivity contribution is 7.71. The molecule has 17 heavy (non-hydrogen) atoms. The first-order valence-electron chi connectivity index (χ1n) is 5.31. The summed E-state index contributed by atoms with van der Waals surface area (Å²) in [6.45, 7) is 3.10. The number of imidazole rings is 1. The van der Waals surface area contributed by atoms with Crippen LogP contribution in [0.5, 0.6) is 0 Å². The average Bonchev–Trinajstić information content (AvgIpc) is 2.56. The summed E-state index contributed by atoms with van der Waals surface area (Å²) in [5, 5.41) is 2.55. The Morgan fingerprint density at radius 1 is 1.59 bits per heavy atom. The van der Waals surface area contributed by atoms with Crippen molar-refractivity contribution in [1.29, 1.82) is 0 Å². The Morgan fingerprint density at radius 2 is 2.35 bits per heavy atom. The van der Waals surface area contributed by atoms with E-state index in [4.69, 9.17) is 18.0 Å². The summed E-state index contributed by atoms with van der Waals surface area (Å²) in [5.74, 6) is 0. The van der Waals surface area contributed by atoms with Gasteiger partial charge in [0.25, 0.3) is 0 Å². The van der Waals surface area contributed by atoms with Gasteiger partial charge in [0.15, 0.2) is 4.77 Å². The molecule has 0 spiro atoms. The minimum atomic E-state index is -0.520. The number of aromatic nitrogens is 2. The van der Waals surface area contributed by atoms with Gasteiger partial charge in [0.2, 0.25) is 0 Å². The van der Waals surface area contributed by atoms with Gasteiger partial charge in [-0.05, 0) is 30.8 Å². The highest BCUT2D eigenvalue weighted by Gasteiger charge is 2.06. The Labute approximate surface area is 104 Å². The van der Waals surface area contributed by atoms with Crippen molar-refractivity contribution < 1.29 is 4.79 Å². The molecule has 1 aromatic heterocycles. The molecule has 0 radical (unpaired) electrons. The third-order valence-electron chi connectivity index (χ3n) is 2.63. The van der Waals surface area contributed by atoms with Crippen LogP contribution in [-0.4, -0.2) is 22.1 Å². The smallest absolute Gasteiger partial charge is 0.312 e. The first-order chi connectivity index (χ1) is 8.09. The molecule has 4 N–H and O–H groups in total. The summed E-state index contributed by atoms with van der Waals surface area (Å²) >= 11 is 5.26. The van der Waals surface area contributed by atoms with Crippen molar-refractivity contribution >= 4 is 29.3 Å². The lowest BCUT2D eigenvalue weighted by atomic mass is 10.2. The van der Waals surface area contributed by atoms with E-state index < -0.39 is 6.03 Å². The quantitative estimate of drug-likeness (QED) is 0.725. The highest BCUT2D eigenvalue weighted by Crippen LogP contribution is 2.17. The number of H-pyrrole nitrogens is 1. The number of rotatable bonds is 3. The molecule has 0 aliphatic carbocycles. The number of hydrogen-bond acceptors (Lipinski definition) is 2. The second-order valence-electron chi connectivity index (χ2n) is 3.84. The first kappa shape index (κ1) is 11.7. The summed E-state index contributed by atoms with van der Waals surface area (Å²) in [6.07, 6.45) is 0. The lowest BCUT2D eigenvalue weighted by Gasteiger charge is -2.06. The SMILES string of the molecule is Cc1cccc2[nH]c(=S)n(CCNC(N)=O)c12. The van der Waals surface area contributed by atoms with E-state index in [-0.39, 0.29) is 0 Å². The third kappa shape index (κ3) is 2.31. The molecule has 0 saturated carbocycles. The van der Waals surface area contributed by atoms with Gasteiger partial charge in [-0.1, -0.05) is 12.1 Å².